The maximum Gasteiger partial charge on any atom is 0.252 e. The molecule has 0 aromatic heterocycles. The molecular weight excluding hydrogens is 436 g/mol. The number of fused-ring (bicyclic) bond motifs is 1. The smallest absolute Gasteiger partial charge is 0.252 e. The Morgan fingerprint density at radius 3 is 2.18 bits per heavy atom. The molecular formula is C30H30N2OS. The number of nitrogens with zero attached hydrogens (tertiary/aromatic N) is 1. The van der Waals surface area contributed by atoms with E-state index in [1.54, 1.807) is 0 Å². The van der Waals surface area contributed by atoms with Crippen LogP contribution in [-0.2, 0) is 6.42 Å². The van der Waals surface area contributed by atoms with Gasteiger partial charge in [0.15, 0.2) is 0 Å². The third-order valence-corrected chi connectivity index (χ3v) is 7.21. The lowest BCUT2D eigenvalue weighted by Crippen LogP contribution is -2.58. The number of rotatable bonds is 7. The third-order valence-electron chi connectivity index (χ3n) is 6.47. The summed E-state index contributed by atoms with van der Waals surface area (Å²) in [4.78, 5) is 16.0. The molecule has 172 valence electrons. The van der Waals surface area contributed by atoms with Crippen LogP contribution in [0.5, 0.6) is 0 Å². The van der Waals surface area contributed by atoms with Crippen molar-refractivity contribution in [1.82, 2.24) is 10.2 Å². The summed E-state index contributed by atoms with van der Waals surface area (Å²) in [6, 6.07) is 34.3. The number of carbonyl (C=O) groups excluding carboxylic acids is 1. The highest BCUT2D eigenvalue weighted by molar-refractivity contribution is 7.80. The molecule has 0 aliphatic heterocycles. The topological polar surface area (TPSA) is 32.3 Å². The van der Waals surface area contributed by atoms with Crippen LogP contribution in [0.1, 0.15) is 41.4 Å². The molecule has 0 spiro atoms. The molecule has 4 aromatic rings. The Morgan fingerprint density at radius 2 is 1.47 bits per heavy atom. The lowest BCUT2D eigenvalue weighted by atomic mass is 9.90. The minimum Gasteiger partial charge on any atom is -0.360 e. The molecule has 0 radical (unpaired) electrons. The van der Waals surface area contributed by atoms with Gasteiger partial charge >= 0.3 is 0 Å². The average molecular weight is 467 g/mol. The zero-order valence-corrected chi connectivity index (χ0v) is 20.7. The van der Waals surface area contributed by atoms with Gasteiger partial charge in [0.1, 0.15) is 4.99 Å². The van der Waals surface area contributed by atoms with Gasteiger partial charge in [0, 0.05) is 19.0 Å². The molecule has 0 heterocycles. The molecule has 4 rings (SSSR count). The van der Waals surface area contributed by atoms with Gasteiger partial charge < -0.3 is 10.2 Å². The van der Waals surface area contributed by atoms with Crippen molar-refractivity contribution in [2.24, 2.45) is 0 Å². The summed E-state index contributed by atoms with van der Waals surface area (Å²) in [5.74, 6) is -0.132. The van der Waals surface area contributed by atoms with Gasteiger partial charge in [-0.25, -0.2) is 0 Å². The molecule has 3 nitrogen and oxygen atoms in total. The van der Waals surface area contributed by atoms with Crippen LogP contribution in [0.4, 0.5) is 0 Å². The Hall–Kier alpha value is -3.50. The van der Waals surface area contributed by atoms with Crippen molar-refractivity contribution < 1.29 is 4.79 Å². The van der Waals surface area contributed by atoms with Crippen molar-refractivity contribution in [2.75, 3.05) is 7.05 Å². The standard InChI is InChI=1S/C30H30N2OS/c1-22(26-20-12-18-24-15-10-11-19-27(24)26)32(3)29(34)30(2,21-23-13-6-4-7-14-23)31-28(33)25-16-8-5-9-17-25/h4-20,22H,21H2,1-3H3,(H,31,33)/t22-,30+/m1/s1. The van der Waals surface area contributed by atoms with Crippen LogP contribution in [0.25, 0.3) is 10.8 Å². The van der Waals surface area contributed by atoms with Crippen molar-refractivity contribution in [3.8, 4) is 0 Å². The number of benzene rings is 4. The van der Waals surface area contributed by atoms with Crippen LogP contribution in [0.15, 0.2) is 103 Å². The fraction of sp³-hybridized carbons (Fsp3) is 0.200. The van der Waals surface area contributed by atoms with Crippen LogP contribution in [-0.4, -0.2) is 28.4 Å². The van der Waals surface area contributed by atoms with Crippen LogP contribution in [0.2, 0.25) is 0 Å². The van der Waals surface area contributed by atoms with Crippen molar-refractivity contribution in [3.05, 3.63) is 120 Å². The van der Waals surface area contributed by atoms with Gasteiger partial charge in [-0.3, -0.25) is 4.79 Å². The zero-order valence-electron chi connectivity index (χ0n) is 19.9. The number of hydrogen-bond acceptors (Lipinski definition) is 2. The second-order valence-corrected chi connectivity index (χ2v) is 9.36. The number of nitrogens with one attached hydrogen (secondary N) is 1. The van der Waals surface area contributed by atoms with E-state index in [-0.39, 0.29) is 11.9 Å². The van der Waals surface area contributed by atoms with E-state index in [0.29, 0.717) is 17.0 Å². The van der Waals surface area contributed by atoms with E-state index in [1.165, 1.54) is 16.3 Å². The lowest BCUT2D eigenvalue weighted by molar-refractivity contribution is 0.0924. The number of thiocarbonyl (C=S) groups is 1. The van der Waals surface area contributed by atoms with Crippen molar-refractivity contribution in [2.45, 2.75) is 31.8 Å². The number of likely N-dealkylation sites (N-methyl/N-ethyl adjacent to an activating group) is 1. The number of hydrogen-bond donors (Lipinski definition) is 1. The first-order valence-corrected chi connectivity index (χ1v) is 12.0. The largest absolute Gasteiger partial charge is 0.360 e. The SMILES string of the molecule is C[C@H](c1cccc2ccccc12)N(C)C(=S)[C@](C)(Cc1ccccc1)NC(=O)c1ccccc1. The minimum atomic E-state index is -0.753. The van der Waals surface area contributed by atoms with Gasteiger partial charge in [-0.15, -0.1) is 0 Å². The monoisotopic (exact) mass is 466 g/mol. The van der Waals surface area contributed by atoms with E-state index < -0.39 is 5.54 Å². The Balaban J connectivity index is 1.66. The van der Waals surface area contributed by atoms with E-state index in [9.17, 15) is 4.79 Å². The Kier molecular flexibility index (Phi) is 7.09. The Morgan fingerprint density at radius 1 is 0.882 bits per heavy atom. The summed E-state index contributed by atoms with van der Waals surface area (Å²) in [7, 11) is 2.02. The second kappa shape index (κ2) is 10.2. The molecule has 4 aromatic carbocycles. The first kappa shape index (κ1) is 23.7. The number of carbonyl (C=O) groups is 1. The van der Waals surface area contributed by atoms with E-state index in [1.807, 2.05) is 62.5 Å². The average Bonchev–Trinajstić information content (AvgIpc) is 2.88. The molecule has 0 bridgehead atoms. The summed E-state index contributed by atoms with van der Waals surface area (Å²) >= 11 is 6.09. The fourth-order valence-corrected chi connectivity index (χ4v) is 4.76. The third kappa shape index (κ3) is 5.02. The first-order chi connectivity index (χ1) is 16.4. The van der Waals surface area contributed by atoms with Crippen molar-refractivity contribution >= 4 is 33.9 Å². The van der Waals surface area contributed by atoms with Gasteiger partial charge in [-0.2, -0.15) is 0 Å². The molecule has 0 unspecified atom stereocenters. The molecule has 0 saturated heterocycles. The molecule has 34 heavy (non-hydrogen) atoms. The highest BCUT2D eigenvalue weighted by Crippen LogP contribution is 2.30. The maximum atomic E-state index is 13.2. The summed E-state index contributed by atoms with van der Waals surface area (Å²) in [5.41, 5.74) is 2.19. The highest BCUT2D eigenvalue weighted by atomic mass is 32.1. The molecule has 1 amide bonds. The molecule has 4 heteroatoms. The van der Waals surface area contributed by atoms with Crippen LogP contribution >= 0.6 is 12.2 Å². The van der Waals surface area contributed by atoms with Crippen molar-refractivity contribution in [1.29, 1.82) is 0 Å². The summed E-state index contributed by atoms with van der Waals surface area (Å²) in [6.45, 7) is 4.19. The maximum absolute atomic E-state index is 13.2. The Bertz CT molecular complexity index is 1280. The molecule has 0 aliphatic carbocycles. The predicted octanol–water partition coefficient (Wildman–Crippen LogP) is 6.59. The van der Waals surface area contributed by atoms with E-state index in [0.717, 1.165) is 5.56 Å². The molecule has 2 atom stereocenters. The van der Waals surface area contributed by atoms with Gasteiger partial charge in [0.25, 0.3) is 5.91 Å². The van der Waals surface area contributed by atoms with Crippen LogP contribution in [0, 0.1) is 0 Å². The van der Waals surface area contributed by atoms with Gasteiger partial charge in [0.2, 0.25) is 0 Å². The quantitative estimate of drug-likeness (QED) is 0.312. The summed E-state index contributed by atoms with van der Waals surface area (Å²) in [6.07, 6.45) is 0.595. The lowest BCUT2D eigenvalue weighted by Gasteiger charge is -2.39. The van der Waals surface area contributed by atoms with Gasteiger partial charge in [0.05, 0.1) is 11.6 Å². The molecule has 0 fully saturated rings. The van der Waals surface area contributed by atoms with Gasteiger partial charge in [-0.1, -0.05) is 103 Å². The normalized spacial score (nSPS) is 13.6. The Labute approximate surface area is 207 Å². The van der Waals surface area contributed by atoms with E-state index in [2.05, 4.69) is 71.7 Å². The van der Waals surface area contributed by atoms with Crippen LogP contribution in [0.3, 0.4) is 0 Å². The highest BCUT2D eigenvalue weighted by Gasteiger charge is 2.36. The number of amides is 1. The van der Waals surface area contributed by atoms with Gasteiger partial charge in [-0.05, 0) is 47.9 Å². The fourth-order valence-electron chi connectivity index (χ4n) is 4.48. The predicted molar refractivity (Wildman–Crippen MR) is 145 cm³/mol. The van der Waals surface area contributed by atoms with E-state index >= 15 is 0 Å². The molecule has 1 N–H and O–H groups in total. The van der Waals surface area contributed by atoms with Crippen molar-refractivity contribution in [3.63, 3.8) is 0 Å². The second-order valence-electron chi connectivity index (χ2n) is 8.98. The zero-order chi connectivity index (χ0) is 24.1. The molecule has 0 aliphatic rings. The van der Waals surface area contributed by atoms with Crippen LogP contribution < -0.4 is 5.32 Å². The first-order valence-electron chi connectivity index (χ1n) is 11.6. The van der Waals surface area contributed by atoms with E-state index in [4.69, 9.17) is 12.2 Å². The minimum absolute atomic E-state index is 0.0299. The summed E-state index contributed by atoms with van der Waals surface area (Å²) in [5, 5.41) is 5.68. The molecule has 0 saturated carbocycles. The summed E-state index contributed by atoms with van der Waals surface area (Å²) < 4.78 is 0.